The zero-order valence-electron chi connectivity index (χ0n) is 10.9. The lowest BCUT2D eigenvalue weighted by molar-refractivity contribution is 0.171. The van der Waals surface area contributed by atoms with Gasteiger partial charge in [-0.05, 0) is 37.2 Å². The lowest BCUT2D eigenvalue weighted by Gasteiger charge is -2.18. The molecule has 0 fully saturated rings. The number of benzene rings is 1. The van der Waals surface area contributed by atoms with Gasteiger partial charge in [-0.1, -0.05) is 0 Å². The molecule has 2 aromatic rings. The van der Waals surface area contributed by atoms with Crippen molar-refractivity contribution < 1.29 is 9.47 Å². The molecule has 5 nitrogen and oxygen atoms in total. The van der Waals surface area contributed by atoms with Gasteiger partial charge in [0.25, 0.3) is 0 Å². The minimum Gasteiger partial charge on any atom is -0.486 e. The molecule has 0 amide bonds. The normalized spacial score (nSPS) is 13.6. The number of hydrogen-bond donors (Lipinski definition) is 2. The predicted molar refractivity (Wildman–Crippen MR) is 72.5 cm³/mol. The molecule has 19 heavy (non-hydrogen) atoms. The standard InChI is InChI=1S/C14H17N3O2/c1-9-11(4-5-15)16-17-14(9)10-2-3-12-13(8-10)19-7-6-18-12/h2-3,8H,4-7,15H2,1H3,(H,16,17). The van der Waals surface area contributed by atoms with Crippen molar-refractivity contribution in [2.24, 2.45) is 5.73 Å². The van der Waals surface area contributed by atoms with Crippen molar-refractivity contribution in [3.05, 3.63) is 29.5 Å². The largest absolute Gasteiger partial charge is 0.486 e. The Morgan fingerprint density at radius 3 is 2.84 bits per heavy atom. The Bertz CT molecular complexity index is 592. The first kappa shape index (κ1) is 12.0. The van der Waals surface area contributed by atoms with Gasteiger partial charge in [0.15, 0.2) is 11.5 Å². The van der Waals surface area contributed by atoms with Crippen LogP contribution in [0.1, 0.15) is 11.3 Å². The second-order valence-corrected chi connectivity index (χ2v) is 4.57. The fourth-order valence-electron chi connectivity index (χ4n) is 2.29. The number of ether oxygens (including phenoxy) is 2. The molecule has 1 aromatic heterocycles. The molecule has 1 aromatic carbocycles. The van der Waals surface area contributed by atoms with Crippen LogP contribution in [0.15, 0.2) is 18.2 Å². The molecule has 0 radical (unpaired) electrons. The SMILES string of the molecule is Cc1c(-c2ccc3c(c2)OCCO3)n[nH]c1CCN. The van der Waals surface area contributed by atoms with Crippen LogP contribution >= 0.6 is 0 Å². The first-order valence-electron chi connectivity index (χ1n) is 6.43. The molecule has 1 aliphatic heterocycles. The number of aromatic nitrogens is 2. The van der Waals surface area contributed by atoms with Gasteiger partial charge in [0, 0.05) is 17.7 Å². The number of nitrogens with zero attached hydrogens (tertiary/aromatic N) is 1. The third kappa shape index (κ3) is 2.17. The van der Waals surface area contributed by atoms with Crippen LogP contribution in [0.5, 0.6) is 11.5 Å². The van der Waals surface area contributed by atoms with E-state index in [1.54, 1.807) is 0 Å². The molecular formula is C14H17N3O2. The molecule has 0 spiro atoms. The summed E-state index contributed by atoms with van der Waals surface area (Å²) in [6.07, 6.45) is 0.809. The Hall–Kier alpha value is -2.01. The Kier molecular flexibility index (Phi) is 3.13. The summed E-state index contributed by atoms with van der Waals surface area (Å²) in [5.74, 6) is 1.58. The van der Waals surface area contributed by atoms with Crippen molar-refractivity contribution in [2.45, 2.75) is 13.3 Å². The number of nitrogens with two attached hydrogens (primary N) is 1. The Balaban J connectivity index is 1.98. The zero-order valence-corrected chi connectivity index (χ0v) is 10.9. The van der Waals surface area contributed by atoms with Crippen molar-refractivity contribution in [1.29, 1.82) is 0 Å². The summed E-state index contributed by atoms with van der Waals surface area (Å²) < 4.78 is 11.1. The van der Waals surface area contributed by atoms with Crippen molar-refractivity contribution in [2.75, 3.05) is 19.8 Å². The van der Waals surface area contributed by atoms with E-state index in [2.05, 4.69) is 17.1 Å². The fraction of sp³-hybridized carbons (Fsp3) is 0.357. The Morgan fingerprint density at radius 1 is 1.26 bits per heavy atom. The lowest BCUT2D eigenvalue weighted by Crippen LogP contribution is -2.15. The predicted octanol–water partition coefficient (Wildman–Crippen LogP) is 1.66. The van der Waals surface area contributed by atoms with Gasteiger partial charge in [-0.3, -0.25) is 5.10 Å². The van der Waals surface area contributed by atoms with E-state index in [-0.39, 0.29) is 0 Å². The summed E-state index contributed by atoms with van der Waals surface area (Å²) in [4.78, 5) is 0. The highest BCUT2D eigenvalue weighted by Crippen LogP contribution is 2.35. The summed E-state index contributed by atoms with van der Waals surface area (Å²) in [6, 6.07) is 5.91. The number of H-pyrrole nitrogens is 1. The van der Waals surface area contributed by atoms with Gasteiger partial charge < -0.3 is 15.2 Å². The molecule has 0 bridgehead atoms. The maximum absolute atomic E-state index is 5.60. The third-order valence-electron chi connectivity index (χ3n) is 3.32. The Morgan fingerprint density at radius 2 is 2.05 bits per heavy atom. The molecule has 3 rings (SSSR count). The lowest BCUT2D eigenvalue weighted by atomic mass is 10.1. The molecule has 0 unspecified atom stereocenters. The molecule has 1 aliphatic rings. The molecular weight excluding hydrogens is 242 g/mol. The highest BCUT2D eigenvalue weighted by Gasteiger charge is 2.15. The van der Waals surface area contributed by atoms with E-state index in [9.17, 15) is 0 Å². The van der Waals surface area contributed by atoms with Gasteiger partial charge in [-0.25, -0.2) is 0 Å². The van der Waals surface area contributed by atoms with Gasteiger partial charge in [0.1, 0.15) is 13.2 Å². The van der Waals surface area contributed by atoms with Gasteiger partial charge in [-0.15, -0.1) is 0 Å². The van der Waals surface area contributed by atoms with Crippen molar-refractivity contribution in [3.8, 4) is 22.8 Å². The average molecular weight is 259 g/mol. The Labute approximate surface area is 111 Å². The van der Waals surface area contributed by atoms with Crippen molar-refractivity contribution >= 4 is 0 Å². The van der Waals surface area contributed by atoms with Gasteiger partial charge in [-0.2, -0.15) is 5.10 Å². The summed E-state index contributed by atoms with van der Waals surface area (Å²) >= 11 is 0. The monoisotopic (exact) mass is 259 g/mol. The van der Waals surface area contributed by atoms with Gasteiger partial charge in [0.2, 0.25) is 0 Å². The maximum atomic E-state index is 5.60. The number of fused-ring (bicyclic) bond motifs is 1. The quantitative estimate of drug-likeness (QED) is 0.879. The molecule has 3 N–H and O–H groups in total. The van der Waals surface area contributed by atoms with Crippen LogP contribution in [0.2, 0.25) is 0 Å². The van der Waals surface area contributed by atoms with Gasteiger partial charge >= 0.3 is 0 Å². The molecule has 100 valence electrons. The second-order valence-electron chi connectivity index (χ2n) is 4.57. The maximum Gasteiger partial charge on any atom is 0.162 e. The third-order valence-corrected chi connectivity index (χ3v) is 3.32. The second kappa shape index (κ2) is 4.93. The van der Waals surface area contributed by atoms with Crippen LogP contribution in [-0.4, -0.2) is 30.0 Å². The van der Waals surface area contributed by atoms with E-state index >= 15 is 0 Å². The summed E-state index contributed by atoms with van der Waals surface area (Å²) in [7, 11) is 0. The van der Waals surface area contributed by atoms with Crippen LogP contribution < -0.4 is 15.2 Å². The molecule has 0 saturated heterocycles. The van der Waals surface area contributed by atoms with Crippen molar-refractivity contribution in [3.63, 3.8) is 0 Å². The van der Waals surface area contributed by atoms with E-state index in [4.69, 9.17) is 15.2 Å². The number of nitrogens with one attached hydrogen (secondary N) is 1. The fourth-order valence-corrected chi connectivity index (χ4v) is 2.29. The molecule has 0 saturated carbocycles. The average Bonchev–Trinajstić information content (AvgIpc) is 2.80. The minimum absolute atomic E-state index is 0.592. The summed E-state index contributed by atoms with van der Waals surface area (Å²) in [5.41, 5.74) is 9.79. The molecule has 2 heterocycles. The van der Waals surface area contributed by atoms with Crippen LogP contribution in [0.25, 0.3) is 11.3 Å². The highest BCUT2D eigenvalue weighted by molar-refractivity contribution is 5.67. The summed E-state index contributed by atoms with van der Waals surface area (Å²) in [5, 5.41) is 7.43. The first-order chi connectivity index (χ1) is 9.29. The van der Waals surface area contributed by atoms with Crippen LogP contribution in [-0.2, 0) is 6.42 Å². The van der Waals surface area contributed by atoms with Gasteiger partial charge in [0.05, 0.1) is 5.69 Å². The molecule has 0 atom stereocenters. The smallest absolute Gasteiger partial charge is 0.162 e. The van der Waals surface area contributed by atoms with Crippen LogP contribution in [0.3, 0.4) is 0 Å². The van der Waals surface area contributed by atoms with Crippen LogP contribution in [0.4, 0.5) is 0 Å². The minimum atomic E-state index is 0.592. The van der Waals surface area contributed by atoms with E-state index in [0.29, 0.717) is 19.8 Å². The summed E-state index contributed by atoms with van der Waals surface area (Å²) in [6.45, 7) is 3.87. The van der Waals surface area contributed by atoms with Crippen LogP contribution in [0, 0.1) is 6.92 Å². The zero-order chi connectivity index (χ0) is 13.2. The topological polar surface area (TPSA) is 73.2 Å². The van der Waals surface area contributed by atoms with E-state index < -0.39 is 0 Å². The highest BCUT2D eigenvalue weighted by atomic mass is 16.6. The molecule has 5 heteroatoms. The van der Waals surface area contributed by atoms with Crippen molar-refractivity contribution in [1.82, 2.24) is 10.2 Å². The molecule has 0 aliphatic carbocycles. The van der Waals surface area contributed by atoms with E-state index in [0.717, 1.165) is 40.4 Å². The number of aromatic amines is 1. The van der Waals surface area contributed by atoms with E-state index in [1.165, 1.54) is 0 Å². The number of hydrogen-bond acceptors (Lipinski definition) is 4. The van der Waals surface area contributed by atoms with E-state index in [1.807, 2.05) is 18.2 Å². The first-order valence-corrected chi connectivity index (χ1v) is 6.43. The number of rotatable bonds is 3.